The number of hydrogen-bond acceptors (Lipinski definition) is 5. The molecule has 4 N–H and O–H groups in total. The summed E-state index contributed by atoms with van der Waals surface area (Å²) in [4.78, 5) is 26.7. The standard InChI is InChI=1S/C28H31N3O4.ClH/c1-18-14-26(29-23-6-4-3-5-7-23)25-15-22(12-13-27(25)31(18)19(2)34)20-8-10-21(11-9-20)28(35)30-24(16-32)17-33;/h3-13,15,18,24,26,29,32-33H,14,16-17H2,1-2H3,(H,30,35);1H/t18-,26+;/m0./s1. The molecule has 1 aliphatic heterocycles. The lowest BCUT2D eigenvalue weighted by Crippen LogP contribution is -2.43. The maximum absolute atomic E-state index is 12.4. The van der Waals surface area contributed by atoms with Crippen molar-refractivity contribution < 1.29 is 19.8 Å². The molecular weight excluding hydrogens is 478 g/mol. The van der Waals surface area contributed by atoms with E-state index in [2.05, 4.69) is 23.6 Å². The minimum atomic E-state index is -0.691. The highest BCUT2D eigenvalue weighted by Crippen LogP contribution is 2.41. The van der Waals surface area contributed by atoms with Gasteiger partial charge in [-0.3, -0.25) is 9.59 Å². The number of fused-ring (bicyclic) bond motifs is 1. The van der Waals surface area contributed by atoms with E-state index in [0.29, 0.717) is 5.56 Å². The summed E-state index contributed by atoms with van der Waals surface area (Å²) in [5, 5.41) is 24.6. The largest absolute Gasteiger partial charge is 0.394 e. The number of rotatable bonds is 7. The molecule has 0 aromatic heterocycles. The molecule has 3 aromatic rings. The van der Waals surface area contributed by atoms with Crippen LogP contribution in [0.5, 0.6) is 0 Å². The second-order valence-electron chi connectivity index (χ2n) is 8.92. The molecule has 2 atom stereocenters. The molecule has 0 fully saturated rings. The van der Waals surface area contributed by atoms with E-state index in [4.69, 9.17) is 0 Å². The highest BCUT2D eigenvalue weighted by molar-refractivity contribution is 5.96. The lowest BCUT2D eigenvalue weighted by atomic mass is 9.88. The van der Waals surface area contributed by atoms with Gasteiger partial charge in [0.1, 0.15) is 0 Å². The van der Waals surface area contributed by atoms with Crippen molar-refractivity contribution in [3.05, 3.63) is 83.9 Å². The van der Waals surface area contributed by atoms with Crippen LogP contribution >= 0.6 is 12.4 Å². The molecule has 3 aromatic carbocycles. The summed E-state index contributed by atoms with van der Waals surface area (Å²) in [7, 11) is 0. The Bertz CT molecular complexity index is 1180. The Balaban J connectivity index is 0.00000361. The maximum atomic E-state index is 12.4. The Labute approximate surface area is 217 Å². The number of hydrogen-bond donors (Lipinski definition) is 4. The Morgan fingerprint density at radius 1 is 0.972 bits per heavy atom. The number of nitrogens with one attached hydrogen (secondary N) is 2. The lowest BCUT2D eigenvalue weighted by molar-refractivity contribution is -0.117. The van der Waals surface area contributed by atoms with E-state index in [1.165, 1.54) is 0 Å². The van der Waals surface area contributed by atoms with Gasteiger partial charge in [0.15, 0.2) is 0 Å². The van der Waals surface area contributed by atoms with Crippen molar-refractivity contribution in [2.45, 2.75) is 38.4 Å². The van der Waals surface area contributed by atoms with Crippen LogP contribution in [0.3, 0.4) is 0 Å². The SMILES string of the molecule is CC(=O)N1c2ccc(-c3ccc(C(=O)NC(CO)CO)cc3)cc2[C@H](Nc2ccccc2)C[C@@H]1C.Cl. The minimum absolute atomic E-state index is 0. The third kappa shape index (κ3) is 5.87. The molecule has 0 saturated carbocycles. The van der Waals surface area contributed by atoms with Crippen LogP contribution in [0.1, 0.15) is 42.2 Å². The van der Waals surface area contributed by atoms with E-state index in [1.54, 1.807) is 19.1 Å². The van der Waals surface area contributed by atoms with Gasteiger partial charge in [-0.15, -0.1) is 12.4 Å². The monoisotopic (exact) mass is 509 g/mol. The summed E-state index contributed by atoms with van der Waals surface area (Å²) in [5.74, 6) is -0.336. The normalized spacial score (nSPS) is 16.6. The number of halogens is 1. The molecule has 0 saturated heterocycles. The van der Waals surface area contributed by atoms with Gasteiger partial charge in [0.05, 0.1) is 25.3 Å². The van der Waals surface area contributed by atoms with Gasteiger partial charge in [0.25, 0.3) is 5.91 Å². The third-order valence-electron chi connectivity index (χ3n) is 6.39. The first kappa shape index (κ1) is 27.2. The average Bonchev–Trinajstić information content (AvgIpc) is 2.87. The molecule has 36 heavy (non-hydrogen) atoms. The highest BCUT2D eigenvalue weighted by Gasteiger charge is 2.32. The van der Waals surface area contributed by atoms with Gasteiger partial charge in [-0.1, -0.05) is 36.4 Å². The van der Waals surface area contributed by atoms with Crippen molar-refractivity contribution in [1.29, 1.82) is 0 Å². The minimum Gasteiger partial charge on any atom is -0.394 e. The van der Waals surface area contributed by atoms with Crippen LogP contribution in [0.25, 0.3) is 11.1 Å². The van der Waals surface area contributed by atoms with Crippen LogP contribution in [0.2, 0.25) is 0 Å². The zero-order chi connectivity index (χ0) is 24.9. The first-order valence-corrected chi connectivity index (χ1v) is 11.8. The Hall–Kier alpha value is -3.39. The van der Waals surface area contributed by atoms with Crippen molar-refractivity contribution in [3.8, 4) is 11.1 Å². The van der Waals surface area contributed by atoms with Gasteiger partial charge in [0.2, 0.25) is 5.91 Å². The number of aliphatic hydroxyl groups excluding tert-OH is 2. The fourth-order valence-corrected chi connectivity index (χ4v) is 4.63. The van der Waals surface area contributed by atoms with Crippen LogP contribution in [0, 0.1) is 0 Å². The van der Waals surface area contributed by atoms with Crippen LogP contribution < -0.4 is 15.5 Å². The molecular formula is C28H32ClN3O4. The number of para-hydroxylation sites is 1. The summed E-state index contributed by atoms with van der Waals surface area (Å²) in [5.41, 5.74) is 5.35. The van der Waals surface area contributed by atoms with E-state index in [0.717, 1.165) is 34.5 Å². The topological polar surface area (TPSA) is 102 Å². The maximum Gasteiger partial charge on any atom is 0.251 e. The summed E-state index contributed by atoms with van der Waals surface area (Å²) in [6, 6.07) is 22.7. The Morgan fingerprint density at radius 2 is 1.61 bits per heavy atom. The van der Waals surface area contributed by atoms with Gasteiger partial charge in [0, 0.05) is 29.9 Å². The van der Waals surface area contributed by atoms with Crippen LogP contribution in [-0.2, 0) is 4.79 Å². The number of aliphatic hydroxyl groups is 2. The second kappa shape index (κ2) is 12.0. The average molecular weight is 510 g/mol. The van der Waals surface area contributed by atoms with Crippen molar-refractivity contribution in [2.75, 3.05) is 23.4 Å². The fourth-order valence-electron chi connectivity index (χ4n) is 4.63. The summed E-state index contributed by atoms with van der Waals surface area (Å²) in [6.07, 6.45) is 0.779. The molecule has 8 heteroatoms. The molecule has 0 bridgehead atoms. The second-order valence-corrected chi connectivity index (χ2v) is 8.92. The molecule has 0 unspecified atom stereocenters. The highest BCUT2D eigenvalue weighted by atomic mass is 35.5. The van der Waals surface area contributed by atoms with Gasteiger partial charge >= 0.3 is 0 Å². The smallest absolute Gasteiger partial charge is 0.251 e. The summed E-state index contributed by atoms with van der Waals surface area (Å²) >= 11 is 0. The zero-order valence-corrected chi connectivity index (χ0v) is 21.2. The van der Waals surface area contributed by atoms with Crippen molar-refractivity contribution in [3.63, 3.8) is 0 Å². The van der Waals surface area contributed by atoms with Gasteiger partial charge < -0.3 is 25.7 Å². The summed E-state index contributed by atoms with van der Waals surface area (Å²) in [6.45, 7) is 3.01. The molecule has 1 aliphatic rings. The molecule has 0 radical (unpaired) electrons. The third-order valence-corrected chi connectivity index (χ3v) is 6.39. The van der Waals surface area contributed by atoms with E-state index >= 15 is 0 Å². The van der Waals surface area contributed by atoms with Crippen molar-refractivity contribution in [2.24, 2.45) is 0 Å². The van der Waals surface area contributed by atoms with E-state index in [9.17, 15) is 19.8 Å². The van der Waals surface area contributed by atoms with Crippen molar-refractivity contribution >= 4 is 35.6 Å². The summed E-state index contributed by atoms with van der Waals surface area (Å²) < 4.78 is 0. The van der Waals surface area contributed by atoms with Crippen LogP contribution in [0.4, 0.5) is 11.4 Å². The molecule has 190 valence electrons. The number of nitrogens with zero attached hydrogens (tertiary/aromatic N) is 1. The van der Waals surface area contributed by atoms with Crippen LogP contribution in [-0.4, -0.2) is 47.3 Å². The van der Waals surface area contributed by atoms with Gasteiger partial charge in [-0.2, -0.15) is 0 Å². The number of carbonyl (C=O) groups is 2. The molecule has 0 aliphatic carbocycles. The molecule has 1 heterocycles. The van der Waals surface area contributed by atoms with Gasteiger partial charge in [-0.25, -0.2) is 0 Å². The quantitative estimate of drug-likeness (QED) is 0.383. The number of amides is 2. The van der Waals surface area contributed by atoms with E-state index < -0.39 is 6.04 Å². The van der Waals surface area contributed by atoms with E-state index in [-0.39, 0.29) is 49.5 Å². The number of benzene rings is 3. The van der Waals surface area contributed by atoms with E-state index in [1.807, 2.05) is 59.5 Å². The van der Waals surface area contributed by atoms with Gasteiger partial charge in [-0.05, 0) is 66.4 Å². The van der Waals surface area contributed by atoms with Crippen molar-refractivity contribution in [1.82, 2.24) is 5.32 Å². The Kier molecular flexibility index (Phi) is 9.09. The lowest BCUT2D eigenvalue weighted by Gasteiger charge is -2.39. The molecule has 4 rings (SSSR count). The zero-order valence-electron chi connectivity index (χ0n) is 20.3. The number of anilines is 2. The predicted molar refractivity (Wildman–Crippen MR) is 145 cm³/mol. The number of carbonyl (C=O) groups excluding carboxylic acids is 2. The molecule has 2 amide bonds. The molecule has 0 spiro atoms. The fraction of sp³-hybridized carbons (Fsp3) is 0.286. The first-order valence-electron chi connectivity index (χ1n) is 11.8. The first-order chi connectivity index (χ1) is 16.9. The predicted octanol–water partition coefficient (Wildman–Crippen LogP) is 4.16. The van der Waals surface area contributed by atoms with Crippen LogP contribution in [0.15, 0.2) is 72.8 Å². The molecule has 7 nitrogen and oxygen atoms in total. The Morgan fingerprint density at radius 3 is 2.22 bits per heavy atom.